The van der Waals surface area contributed by atoms with Crippen LogP contribution in [0.3, 0.4) is 0 Å². The Kier molecular flexibility index (Phi) is 5.23. The summed E-state index contributed by atoms with van der Waals surface area (Å²) in [7, 11) is 0. The second-order valence-electron chi connectivity index (χ2n) is 7.48. The number of benzene rings is 1. The highest BCUT2D eigenvalue weighted by Crippen LogP contribution is 2.35. The van der Waals surface area contributed by atoms with Crippen LogP contribution in [0.4, 0.5) is 23.2 Å². The van der Waals surface area contributed by atoms with Gasteiger partial charge in [0.25, 0.3) is 0 Å². The van der Waals surface area contributed by atoms with Crippen molar-refractivity contribution >= 4 is 11.6 Å². The van der Waals surface area contributed by atoms with Crippen LogP contribution in [0.5, 0.6) is 0 Å². The number of rotatable bonds is 3. The van der Waals surface area contributed by atoms with E-state index in [4.69, 9.17) is 0 Å². The molecule has 1 aliphatic heterocycles. The van der Waals surface area contributed by atoms with Crippen molar-refractivity contribution in [3.05, 3.63) is 47.0 Å². The standard InChI is InChI=1S/C20H22F4N4O/c21-14-5-7-15(8-6-14)26-9-11-27(12-10-26)18(29)13-28-17-4-2-1-3-16(17)19(25-28)20(22,23)24/h5-8H,1-4,9-13H2. The van der Waals surface area contributed by atoms with Crippen LogP contribution < -0.4 is 4.90 Å². The van der Waals surface area contributed by atoms with E-state index in [2.05, 4.69) is 10.00 Å². The van der Waals surface area contributed by atoms with Gasteiger partial charge in [-0.2, -0.15) is 18.3 Å². The molecule has 1 aliphatic carbocycles. The van der Waals surface area contributed by atoms with Crippen LogP contribution in [0.15, 0.2) is 24.3 Å². The van der Waals surface area contributed by atoms with Gasteiger partial charge in [0.05, 0.1) is 0 Å². The molecule has 0 saturated carbocycles. The van der Waals surface area contributed by atoms with Gasteiger partial charge in [0.1, 0.15) is 12.4 Å². The van der Waals surface area contributed by atoms with Crippen molar-refractivity contribution in [2.24, 2.45) is 0 Å². The predicted molar refractivity (Wildman–Crippen MR) is 99.1 cm³/mol. The van der Waals surface area contributed by atoms with Gasteiger partial charge in [-0.05, 0) is 49.9 Å². The summed E-state index contributed by atoms with van der Waals surface area (Å²) < 4.78 is 54.3. The number of carbonyl (C=O) groups is 1. The smallest absolute Gasteiger partial charge is 0.368 e. The van der Waals surface area contributed by atoms with Gasteiger partial charge in [0.2, 0.25) is 5.91 Å². The van der Waals surface area contributed by atoms with E-state index in [0.717, 1.165) is 12.1 Å². The van der Waals surface area contributed by atoms with Crippen molar-refractivity contribution in [2.45, 2.75) is 38.4 Å². The molecule has 0 atom stereocenters. The normalized spacial score (nSPS) is 17.4. The van der Waals surface area contributed by atoms with E-state index < -0.39 is 11.9 Å². The first-order chi connectivity index (χ1) is 13.8. The van der Waals surface area contributed by atoms with E-state index >= 15 is 0 Å². The number of hydrogen-bond acceptors (Lipinski definition) is 3. The summed E-state index contributed by atoms with van der Waals surface area (Å²) in [6.07, 6.45) is -2.11. The van der Waals surface area contributed by atoms with Gasteiger partial charge in [0.15, 0.2) is 5.69 Å². The number of nitrogens with zero attached hydrogens (tertiary/aromatic N) is 4. The number of carbonyl (C=O) groups excluding carboxylic acids is 1. The van der Waals surface area contributed by atoms with Crippen molar-refractivity contribution in [1.82, 2.24) is 14.7 Å². The molecule has 4 rings (SSSR count). The van der Waals surface area contributed by atoms with Crippen molar-refractivity contribution in [1.29, 1.82) is 0 Å². The maximum absolute atomic E-state index is 13.3. The number of alkyl halides is 3. The summed E-state index contributed by atoms with van der Waals surface area (Å²) >= 11 is 0. The average molecular weight is 410 g/mol. The topological polar surface area (TPSA) is 41.4 Å². The zero-order chi connectivity index (χ0) is 20.6. The van der Waals surface area contributed by atoms with Gasteiger partial charge in [0, 0.05) is 43.1 Å². The quantitative estimate of drug-likeness (QED) is 0.730. The lowest BCUT2D eigenvalue weighted by Crippen LogP contribution is -2.49. The van der Waals surface area contributed by atoms with Crippen molar-refractivity contribution in [3.63, 3.8) is 0 Å². The minimum Gasteiger partial charge on any atom is -0.368 e. The van der Waals surface area contributed by atoms with Crippen LogP contribution in [-0.4, -0.2) is 46.8 Å². The van der Waals surface area contributed by atoms with E-state index in [-0.39, 0.29) is 23.8 Å². The monoisotopic (exact) mass is 410 g/mol. The number of amides is 1. The Bertz CT molecular complexity index is 883. The molecule has 29 heavy (non-hydrogen) atoms. The van der Waals surface area contributed by atoms with Crippen LogP contribution in [-0.2, 0) is 30.4 Å². The molecule has 2 aliphatic rings. The summed E-state index contributed by atoms with van der Waals surface area (Å²) in [4.78, 5) is 16.4. The highest BCUT2D eigenvalue weighted by Gasteiger charge is 2.39. The molecular formula is C20H22F4N4O. The second-order valence-corrected chi connectivity index (χ2v) is 7.48. The summed E-state index contributed by atoms with van der Waals surface area (Å²) in [6, 6.07) is 6.18. The number of aromatic nitrogens is 2. The minimum absolute atomic E-state index is 0.172. The zero-order valence-corrected chi connectivity index (χ0v) is 15.9. The lowest BCUT2D eigenvalue weighted by molar-refractivity contribution is -0.142. The van der Waals surface area contributed by atoms with Crippen molar-refractivity contribution in [3.8, 4) is 0 Å². The number of piperazine rings is 1. The molecule has 1 fully saturated rings. The highest BCUT2D eigenvalue weighted by atomic mass is 19.4. The van der Waals surface area contributed by atoms with Crippen molar-refractivity contribution in [2.75, 3.05) is 31.1 Å². The molecule has 2 aromatic rings. The van der Waals surface area contributed by atoms with Gasteiger partial charge in [-0.3, -0.25) is 9.48 Å². The molecule has 0 unspecified atom stereocenters. The fourth-order valence-electron chi connectivity index (χ4n) is 4.12. The molecule has 0 bridgehead atoms. The molecule has 1 amide bonds. The van der Waals surface area contributed by atoms with Gasteiger partial charge in [-0.1, -0.05) is 0 Å². The van der Waals surface area contributed by atoms with E-state index in [0.29, 0.717) is 51.1 Å². The van der Waals surface area contributed by atoms with Crippen LogP contribution in [0.25, 0.3) is 0 Å². The van der Waals surface area contributed by atoms with E-state index in [1.165, 1.54) is 16.8 Å². The lowest BCUT2D eigenvalue weighted by Gasteiger charge is -2.36. The summed E-state index contributed by atoms with van der Waals surface area (Å²) in [5.41, 5.74) is 0.829. The first-order valence-corrected chi connectivity index (χ1v) is 9.77. The maximum atomic E-state index is 13.3. The van der Waals surface area contributed by atoms with E-state index in [1.54, 1.807) is 17.0 Å². The first-order valence-electron chi connectivity index (χ1n) is 9.77. The molecule has 0 radical (unpaired) electrons. The minimum atomic E-state index is -4.50. The second kappa shape index (κ2) is 7.68. The fraction of sp³-hybridized carbons (Fsp3) is 0.500. The van der Waals surface area contributed by atoms with Gasteiger partial charge < -0.3 is 9.80 Å². The number of halogens is 4. The Balaban J connectivity index is 1.43. The molecular weight excluding hydrogens is 388 g/mol. The Hall–Kier alpha value is -2.58. The molecule has 2 heterocycles. The Morgan fingerprint density at radius 1 is 1.00 bits per heavy atom. The highest BCUT2D eigenvalue weighted by molar-refractivity contribution is 5.76. The molecule has 9 heteroatoms. The summed E-state index contributed by atoms with van der Waals surface area (Å²) in [5, 5.41) is 3.77. The van der Waals surface area contributed by atoms with Crippen LogP contribution >= 0.6 is 0 Å². The molecule has 1 aromatic carbocycles. The molecule has 5 nitrogen and oxygen atoms in total. The number of hydrogen-bond donors (Lipinski definition) is 0. The molecule has 1 aromatic heterocycles. The molecule has 156 valence electrons. The van der Waals surface area contributed by atoms with Crippen molar-refractivity contribution < 1.29 is 22.4 Å². The fourth-order valence-corrected chi connectivity index (χ4v) is 4.12. The maximum Gasteiger partial charge on any atom is 0.435 e. The SMILES string of the molecule is O=C(Cn1nc(C(F)(F)F)c2c1CCCC2)N1CCN(c2ccc(F)cc2)CC1. The van der Waals surface area contributed by atoms with E-state index in [1.807, 2.05) is 0 Å². The van der Waals surface area contributed by atoms with Gasteiger partial charge in [-0.25, -0.2) is 4.39 Å². The summed E-state index contributed by atoms with van der Waals surface area (Å²) in [5.74, 6) is -0.531. The third-order valence-corrected chi connectivity index (χ3v) is 5.63. The van der Waals surface area contributed by atoms with Crippen LogP contribution in [0.2, 0.25) is 0 Å². The number of fused-ring (bicyclic) bond motifs is 1. The van der Waals surface area contributed by atoms with Crippen LogP contribution in [0.1, 0.15) is 29.8 Å². The third kappa shape index (κ3) is 4.09. The Labute approximate surface area is 165 Å². The Morgan fingerprint density at radius 3 is 2.31 bits per heavy atom. The largest absolute Gasteiger partial charge is 0.435 e. The predicted octanol–water partition coefficient (Wildman–Crippen LogP) is 3.27. The lowest BCUT2D eigenvalue weighted by atomic mass is 9.95. The first kappa shape index (κ1) is 19.7. The Morgan fingerprint density at radius 2 is 1.66 bits per heavy atom. The van der Waals surface area contributed by atoms with Crippen LogP contribution in [0, 0.1) is 5.82 Å². The zero-order valence-electron chi connectivity index (χ0n) is 15.9. The molecule has 0 N–H and O–H groups in total. The molecule has 0 spiro atoms. The molecule has 1 saturated heterocycles. The third-order valence-electron chi connectivity index (χ3n) is 5.63. The van der Waals surface area contributed by atoms with E-state index in [9.17, 15) is 22.4 Å². The summed E-state index contributed by atoms with van der Waals surface area (Å²) in [6.45, 7) is 1.93. The van der Waals surface area contributed by atoms with Gasteiger partial charge in [-0.15, -0.1) is 0 Å². The number of anilines is 1. The van der Waals surface area contributed by atoms with Gasteiger partial charge >= 0.3 is 6.18 Å². The average Bonchev–Trinajstić information content (AvgIpc) is 3.08.